The zero-order valence-corrected chi connectivity index (χ0v) is 11.0. The monoisotopic (exact) mass is 272 g/mol. The number of rotatable bonds is 3. The van der Waals surface area contributed by atoms with E-state index in [1.54, 1.807) is 6.92 Å². The summed E-state index contributed by atoms with van der Waals surface area (Å²) in [4.78, 5) is 24.1. The summed E-state index contributed by atoms with van der Waals surface area (Å²) in [5.74, 6) is -0.795. The van der Waals surface area contributed by atoms with E-state index >= 15 is 0 Å². The number of halogens is 1. The summed E-state index contributed by atoms with van der Waals surface area (Å²) in [5, 5.41) is 2.58. The first-order valence-corrected chi connectivity index (χ1v) is 6.65. The van der Waals surface area contributed by atoms with Gasteiger partial charge in [-0.3, -0.25) is 9.59 Å². The summed E-state index contributed by atoms with van der Waals surface area (Å²) in [7, 11) is 0. The molecule has 0 spiro atoms. The lowest BCUT2D eigenvalue weighted by Gasteiger charge is -2.06. The van der Waals surface area contributed by atoms with E-state index < -0.39 is 11.3 Å². The van der Waals surface area contributed by atoms with Crippen molar-refractivity contribution in [2.24, 2.45) is 5.73 Å². The Kier molecular flexibility index (Phi) is 3.40. The Morgan fingerprint density at radius 3 is 2.76 bits per heavy atom. The fourth-order valence-corrected chi connectivity index (χ4v) is 3.32. The third-order valence-corrected chi connectivity index (χ3v) is 4.17. The highest BCUT2D eigenvalue weighted by Crippen LogP contribution is 2.38. The van der Waals surface area contributed by atoms with Crippen molar-refractivity contribution in [3.8, 4) is 0 Å². The normalized spacial score (nSPS) is 15.4. The van der Waals surface area contributed by atoms with Crippen LogP contribution in [0.25, 0.3) is 0 Å². The molecule has 1 unspecified atom stereocenters. The molecule has 0 bridgehead atoms. The second kappa shape index (κ2) is 4.66. The highest BCUT2D eigenvalue weighted by atomic mass is 35.5. The van der Waals surface area contributed by atoms with Gasteiger partial charge in [0.05, 0.1) is 5.56 Å². The molecule has 0 saturated heterocycles. The predicted molar refractivity (Wildman–Crippen MR) is 68.8 cm³/mol. The van der Waals surface area contributed by atoms with Crippen LogP contribution < -0.4 is 11.1 Å². The molecule has 2 amide bonds. The molecule has 4 nitrogen and oxygen atoms in total. The van der Waals surface area contributed by atoms with Gasteiger partial charge in [-0.2, -0.15) is 0 Å². The van der Waals surface area contributed by atoms with E-state index in [0.29, 0.717) is 10.6 Å². The number of hydrogen-bond acceptors (Lipinski definition) is 3. The number of fused-ring (bicyclic) bond motifs is 1. The van der Waals surface area contributed by atoms with Gasteiger partial charge in [-0.15, -0.1) is 22.9 Å². The molecule has 0 saturated carbocycles. The number of anilines is 1. The average Bonchev–Trinajstić information content (AvgIpc) is 2.75. The van der Waals surface area contributed by atoms with Crippen LogP contribution in [0.2, 0.25) is 0 Å². The minimum absolute atomic E-state index is 0.311. The molecule has 1 aliphatic carbocycles. The van der Waals surface area contributed by atoms with Crippen molar-refractivity contribution >= 4 is 39.8 Å². The van der Waals surface area contributed by atoms with Crippen molar-refractivity contribution in [2.75, 3.05) is 5.32 Å². The number of alkyl halides is 1. The molecule has 1 atom stereocenters. The number of primary amides is 1. The Morgan fingerprint density at radius 2 is 2.18 bits per heavy atom. The zero-order chi connectivity index (χ0) is 12.6. The molecule has 0 aromatic carbocycles. The van der Waals surface area contributed by atoms with Gasteiger partial charge in [-0.1, -0.05) is 0 Å². The Bertz CT molecular complexity index is 482. The number of carbonyl (C=O) groups excluding carboxylic acids is 2. The van der Waals surface area contributed by atoms with Gasteiger partial charge in [0, 0.05) is 4.88 Å². The molecule has 1 aromatic rings. The van der Waals surface area contributed by atoms with Gasteiger partial charge < -0.3 is 11.1 Å². The van der Waals surface area contributed by atoms with Crippen molar-refractivity contribution in [3.05, 3.63) is 16.0 Å². The predicted octanol–water partition coefficient (Wildman–Crippen LogP) is 1.90. The maximum Gasteiger partial charge on any atom is 0.251 e. The second-order valence-electron chi connectivity index (χ2n) is 4.03. The summed E-state index contributed by atoms with van der Waals surface area (Å²) >= 11 is 7.11. The number of amides is 2. The summed E-state index contributed by atoms with van der Waals surface area (Å²) in [6.45, 7) is 1.59. The molecule has 17 heavy (non-hydrogen) atoms. The summed E-state index contributed by atoms with van der Waals surface area (Å²) in [6, 6.07) is 0. The van der Waals surface area contributed by atoms with E-state index in [0.717, 1.165) is 29.7 Å². The molecule has 2 rings (SSSR count). The summed E-state index contributed by atoms with van der Waals surface area (Å²) in [6.07, 6.45) is 2.85. The Labute approximate surface area is 108 Å². The van der Waals surface area contributed by atoms with Gasteiger partial charge in [0.25, 0.3) is 5.91 Å². The van der Waals surface area contributed by atoms with Crippen LogP contribution in [0, 0.1) is 0 Å². The highest BCUT2D eigenvalue weighted by molar-refractivity contribution is 7.17. The SMILES string of the molecule is CC(Cl)C(=O)Nc1sc2c(c1C(N)=O)CCC2. The summed E-state index contributed by atoms with van der Waals surface area (Å²) < 4.78 is 0. The smallest absolute Gasteiger partial charge is 0.251 e. The number of nitrogens with two attached hydrogens (primary N) is 1. The van der Waals surface area contributed by atoms with Crippen molar-refractivity contribution in [3.63, 3.8) is 0 Å². The number of aryl methyl sites for hydroxylation is 1. The van der Waals surface area contributed by atoms with Gasteiger partial charge in [0.1, 0.15) is 10.4 Å². The van der Waals surface area contributed by atoms with Crippen LogP contribution in [0.4, 0.5) is 5.00 Å². The van der Waals surface area contributed by atoms with Crippen molar-refractivity contribution in [1.29, 1.82) is 0 Å². The van der Waals surface area contributed by atoms with Gasteiger partial charge in [-0.05, 0) is 31.7 Å². The first-order chi connectivity index (χ1) is 8.00. The molecule has 1 aliphatic rings. The van der Waals surface area contributed by atoms with Gasteiger partial charge >= 0.3 is 0 Å². The lowest BCUT2D eigenvalue weighted by molar-refractivity contribution is -0.115. The number of carbonyl (C=O) groups is 2. The van der Waals surface area contributed by atoms with Crippen LogP contribution >= 0.6 is 22.9 Å². The van der Waals surface area contributed by atoms with Crippen LogP contribution in [-0.2, 0) is 17.6 Å². The van der Waals surface area contributed by atoms with E-state index in [9.17, 15) is 9.59 Å². The molecule has 1 heterocycles. The van der Waals surface area contributed by atoms with Crippen molar-refractivity contribution in [2.45, 2.75) is 31.6 Å². The van der Waals surface area contributed by atoms with Gasteiger partial charge in [0.2, 0.25) is 5.91 Å². The molecule has 0 fully saturated rings. The molecule has 0 aliphatic heterocycles. The average molecular weight is 273 g/mol. The van der Waals surface area contributed by atoms with Gasteiger partial charge in [0.15, 0.2) is 0 Å². The fourth-order valence-electron chi connectivity index (χ4n) is 1.96. The Hall–Kier alpha value is -1.07. The topological polar surface area (TPSA) is 72.2 Å². The van der Waals surface area contributed by atoms with E-state index in [4.69, 9.17) is 17.3 Å². The molecular formula is C11H13ClN2O2S. The first-order valence-electron chi connectivity index (χ1n) is 5.40. The van der Waals surface area contributed by atoms with Crippen LogP contribution in [0.1, 0.15) is 34.1 Å². The Morgan fingerprint density at radius 1 is 1.47 bits per heavy atom. The fraction of sp³-hybridized carbons (Fsp3) is 0.455. The third kappa shape index (κ3) is 2.30. The van der Waals surface area contributed by atoms with Crippen LogP contribution in [0.3, 0.4) is 0 Å². The minimum Gasteiger partial charge on any atom is -0.365 e. The minimum atomic E-state index is -0.632. The maximum absolute atomic E-state index is 11.5. The molecule has 3 N–H and O–H groups in total. The van der Waals surface area contributed by atoms with Crippen LogP contribution in [-0.4, -0.2) is 17.2 Å². The summed E-state index contributed by atoms with van der Waals surface area (Å²) in [5.41, 5.74) is 6.83. The standard InChI is InChI=1S/C11H13ClN2O2S/c1-5(12)10(16)14-11-8(9(13)15)6-3-2-4-7(6)17-11/h5H,2-4H2,1H3,(H2,13,15)(H,14,16). The number of thiophene rings is 1. The zero-order valence-electron chi connectivity index (χ0n) is 9.38. The molecule has 92 valence electrons. The van der Waals surface area contributed by atoms with E-state index in [1.165, 1.54) is 11.3 Å². The second-order valence-corrected chi connectivity index (χ2v) is 5.79. The lowest BCUT2D eigenvalue weighted by atomic mass is 10.1. The molecular weight excluding hydrogens is 260 g/mol. The maximum atomic E-state index is 11.5. The first kappa shape index (κ1) is 12.4. The largest absolute Gasteiger partial charge is 0.365 e. The van der Waals surface area contributed by atoms with Gasteiger partial charge in [-0.25, -0.2) is 0 Å². The van der Waals surface area contributed by atoms with E-state index in [-0.39, 0.29) is 5.91 Å². The third-order valence-electron chi connectivity index (χ3n) is 2.77. The molecule has 1 aromatic heterocycles. The van der Waals surface area contributed by atoms with E-state index in [2.05, 4.69) is 5.32 Å². The van der Waals surface area contributed by atoms with Crippen molar-refractivity contribution < 1.29 is 9.59 Å². The molecule has 0 radical (unpaired) electrons. The quantitative estimate of drug-likeness (QED) is 0.825. The highest BCUT2D eigenvalue weighted by Gasteiger charge is 2.26. The van der Waals surface area contributed by atoms with Crippen LogP contribution in [0.5, 0.6) is 0 Å². The number of nitrogens with one attached hydrogen (secondary N) is 1. The number of hydrogen-bond donors (Lipinski definition) is 2. The lowest BCUT2D eigenvalue weighted by Crippen LogP contribution is -2.22. The Balaban J connectivity index is 2.35. The van der Waals surface area contributed by atoms with E-state index in [1.807, 2.05) is 0 Å². The molecule has 6 heteroatoms. The van der Waals surface area contributed by atoms with Crippen LogP contribution in [0.15, 0.2) is 0 Å². The van der Waals surface area contributed by atoms with Crippen molar-refractivity contribution in [1.82, 2.24) is 0 Å².